The molecule has 2 amide bonds. The number of para-hydroxylation sites is 2. The first-order valence-electron chi connectivity index (χ1n) is 12.4. The van der Waals surface area contributed by atoms with Gasteiger partial charge in [0.1, 0.15) is 17.4 Å². The zero-order chi connectivity index (χ0) is 24.8. The summed E-state index contributed by atoms with van der Waals surface area (Å²) >= 11 is 0. The summed E-state index contributed by atoms with van der Waals surface area (Å²) in [6.45, 7) is 11.4. The van der Waals surface area contributed by atoms with Gasteiger partial charge in [0.15, 0.2) is 0 Å². The Morgan fingerprint density at radius 3 is 2.37 bits per heavy atom. The minimum atomic E-state index is -0.107. The van der Waals surface area contributed by atoms with Crippen molar-refractivity contribution in [3.63, 3.8) is 0 Å². The van der Waals surface area contributed by atoms with E-state index in [2.05, 4.69) is 48.3 Å². The third-order valence-electron chi connectivity index (χ3n) is 6.31. The molecular formula is C28H35N5O2. The lowest BCUT2D eigenvalue weighted by atomic mass is 10.0. The molecular weight excluding hydrogens is 438 g/mol. The van der Waals surface area contributed by atoms with Crippen molar-refractivity contribution < 1.29 is 9.53 Å². The molecule has 7 heteroatoms. The van der Waals surface area contributed by atoms with E-state index in [1.807, 2.05) is 43.0 Å². The number of aromatic nitrogens is 2. The maximum Gasteiger partial charge on any atom is 0.322 e. The number of anilines is 2. The summed E-state index contributed by atoms with van der Waals surface area (Å²) in [4.78, 5) is 26.7. The van der Waals surface area contributed by atoms with E-state index in [-0.39, 0.29) is 6.03 Å². The Kier molecular flexibility index (Phi) is 7.85. The van der Waals surface area contributed by atoms with Gasteiger partial charge in [-0.25, -0.2) is 14.8 Å². The van der Waals surface area contributed by atoms with Gasteiger partial charge in [-0.2, -0.15) is 0 Å². The van der Waals surface area contributed by atoms with Crippen LogP contribution < -0.4 is 15.0 Å². The van der Waals surface area contributed by atoms with Crippen molar-refractivity contribution in [3.8, 4) is 5.75 Å². The lowest BCUT2D eigenvalue weighted by Gasteiger charge is -2.36. The van der Waals surface area contributed by atoms with Crippen LogP contribution >= 0.6 is 0 Å². The summed E-state index contributed by atoms with van der Waals surface area (Å²) < 4.78 is 5.65. The molecule has 0 aliphatic carbocycles. The minimum Gasteiger partial charge on any atom is -0.492 e. The van der Waals surface area contributed by atoms with Crippen LogP contribution in [-0.4, -0.2) is 53.7 Å². The van der Waals surface area contributed by atoms with E-state index in [1.54, 1.807) is 0 Å². The Morgan fingerprint density at radius 2 is 1.69 bits per heavy atom. The standard InChI is InChI=1S/C28H35N5O2/c1-5-24-23(19-22-13-11-20(3)12-14-22)27(30-21(4)29-24)32-15-17-33(18-16-32)28(34)31-25-9-7-8-10-26(25)35-6-2/h7-14H,5-6,15-19H2,1-4H3,(H,31,34). The molecule has 0 atom stereocenters. The first-order chi connectivity index (χ1) is 17.0. The second-order valence-corrected chi connectivity index (χ2v) is 8.87. The van der Waals surface area contributed by atoms with E-state index >= 15 is 0 Å². The van der Waals surface area contributed by atoms with Gasteiger partial charge in [-0.05, 0) is 44.9 Å². The van der Waals surface area contributed by atoms with Crippen molar-refractivity contribution in [3.05, 3.63) is 76.7 Å². The maximum absolute atomic E-state index is 13.0. The smallest absolute Gasteiger partial charge is 0.322 e. The average molecular weight is 474 g/mol. The molecule has 1 aliphatic heterocycles. The molecule has 4 rings (SSSR count). The SMILES string of the molecule is CCOc1ccccc1NC(=O)N1CCN(c2nc(C)nc(CC)c2Cc2ccc(C)cc2)CC1. The number of carbonyl (C=O) groups is 1. The molecule has 3 aromatic rings. The molecule has 35 heavy (non-hydrogen) atoms. The van der Waals surface area contributed by atoms with Crippen molar-refractivity contribution in [1.82, 2.24) is 14.9 Å². The Hall–Kier alpha value is -3.61. The zero-order valence-electron chi connectivity index (χ0n) is 21.2. The van der Waals surface area contributed by atoms with Crippen molar-refractivity contribution in [1.29, 1.82) is 0 Å². The van der Waals surface area contributed by atoms with E-state index in [0.717, 1.165) is 43.3 Å². The molecule has 184 valence electrons. The van der Waals surface area contributed by atoms with Crippen LogP contribution in [0.1, 0.15) is 42.1 Å². The number of aryl methyl sites for hydroxylation is 3. The first-order valence-corrected chi connectivity index (χ1v) is 12.4. The molecule has 1 fully saturated rings. The highest BCUT2D eigenvalue weighted by molar-refractivity contribution is 5.91. The number of carbonyl (C=O) groups excluding carboxylic acids is 1. The minimum absolute atomic E-state index is 0.107. The van der Waals surface area contributed by atoms with Crippen molar-refractivity contribution >= 4 is 17.5 Å². The van der Waals surface area contributed by atoms with Crippen LogP contribution in [0.2, 0.25) is 0 Å². The third-order valence-corrected chi connectivity index (χ3v) is 6.31. The summed E-state index contributed by atoms with van der Waals surface area (Å²) in [6.07, 6.45) is 1.66. The largest absolute Gasteiger partial charge is 0.492 e. The number of rotatable bonds is 7. The molecule has 0 unspecified atom stereocenters. The van der Waals surface area contributed by atoms with Crippen molar-refractivity contribution in [2.24, 2.45) is 0 Å². The van der Waals surface area contributed by atoms with E-state index < -0.39 is 0 Å². The monoisotopic (exact) mass is 473 g/mol. The van der Waals surface area contributed by atoms with Gasteiger partial charge in [0.25, 0.3) is 0 Å². The number of nitrogens with one attached hydrogen (secondary N) is 1. The fraction of sp³-hybridized carbons (Fsp3) is 0.393. The summed E-state index contributed by atoms with van der Waals surface area (Å²) in [5, 5.41) is 3.01. The molecule has 7 nitrogen and oxygen atoms in total. The lowest BCUT2D eigenvalue weighted by Crippen LogP contribution is -2.50. The van der Waals surface area contributed by atoms with Gasteiger partial charge in [-0.15, -0.1) is 0 Å². The van der Waals surface area contributed by atoms with E-state index in [1.165, 1.54) is 16.7 Å². The number of urea groups is 1. The third kappa shape index (κ3) is 5.91. The number of amides is 2. The molecule has 1 N–H and O–H groups in total. The molecule has 1 saturated heterocycles. The van der Waals surface area contributed by atoms with Gasteiger partial charge in [0.05, 0.1) is 12.3 Å². The van der Waals surface area contributed by atoms with E-state index in [4.69, 9.17) is 14.7 Å². The van der Waals surface area contributed by atoms with E-state index in [9.17, 15) is 4.79 Å². The average Bonchev–Trinajstić information content (AvgIpc) is 2.87. The van der Waals surface area contributed by atoms with Gasteiger partial charge in [-0.3, -0.25) is 0 Å². The summed E-state index contributed by atoms with van der Waals surface area (Å²) in [6, 6.07) is 16.1. The number of ether oxygens (including phenoxy) is 1. The quantitative estimate of drug-likeness (QED) is 0.523. The first kappa shape index (κ1) is 24.5. The molecule has 2 aromatic carbocycles. The Labute approximate surface area is 208 Å². The molecule has 0 radical (unpaired) electrons. The topological polar surface area (TPSA) is 70.6 Å². The maximum atomic E-state index is 13.0. The number of benzene rings is 2. The molecule has 1 aromatic heterocycles. The van der Waals surface area contributed by atoms with Gasteiger partial charge in [-0.1, -0.05) is 48.9 Å². The number of hydrogen-bond donors (Lipinski definition) is 1. The van der Waals surface area contributed by atoms with Crippen LogP contribution in [-0.2, 0) is 12.8 Å². The second-order valence-electron chi connectivity index (χ2n) is 8.87. The van der Waals surface area contributed by atoms with E-state index in [0.29, 0.717) is 31.1 Å². The van der Waals surface area contributed by atoms with Gasteiger partial charge in [0, 0.05) is 43.9 Å². The Balaban J connectivity index is 1.48. The van der Waals surface area contributed by atoms with Crippen LogP contribution in [0.5, 0.6) is 5.75 Å². The van der Waals surface area contributed by atoms with Crippen LogP contribution in [0.4, 0.5) is 16.3 Å². The van der Waals surface area contributed by atoms with Crippen LogP contribution in [0, 0.1) is 13.8 Å². The number of piperazine rings is 1. The predicted molar refractivity (Wildman–Crippen MR) is 141 cm³/mol. The highest BCUT2D eigenvalue weighted by atomic mass is 16.5. The molecule has 0 spiro atoms. The lowest BCUT2D eigenvalue weighted by molar-refractivity contribution is 0.208. The Morgan fingerprint density at radius 1 is 0.971 bits per heavy atom. The van der Waals surface area contributed by atoms with Crippen molar-refractivity contribution in [2.45, 2.75) is 40.5 Å². The number of nitrogens with zero attached hydrogens (tertiary/aromatic N) is 4. The molecule has 0 saturated carbocycles. The highest BCUT2D eigenvalue weighted by Crippen LogP contribution is 2.27. The predicted octanol–water partition coefficient (Wildman–Crippen LogP) is 5.00. The number of hydrogen-bond acceptors (Lipinski definition) is 5. The highest BCUT2D eigenvalue weighted by Gasteiger charge is 2.25. The van der Waals surface area contributed by atoms with Crippen LogP contribution in [0.15, 0.2) is 48.5 Å². The fourth-order valence-corrected chi connectivity index (χ4v) is 4.45. The summed E-state index contributed by atoms with van der Waals surface area (Å²) in [5.41, 5.74) is 5.49. The molecule has 0 bridgehead atoms. The summed E-state index contributed by atoms with van der Waals surface area (Å²) in [7, 11) is 0. The Bertz CT molecular complexity index is 1150. The second kappa shape index (κ2) is 11.2. The summed E-state index contributed by atoms with van der Waals surface area (Å²) in [5.74, 6) is 2.47. The fourth-order valence-electron chi connectivity index (χ4n) is 4.45. The normalized spacial score (nSPS) is 13.6. The van der Waals surface area contributed by atoms with Crippen molar-refractivity contribution in [2.75, 3.05) is 43.0 Å². The van der Waals surface area contributed by atoms with Gasteiger partial charge in [0.2, 0.25) is 0 Å². The van der Waals surface area contributed by atoms with Gasteiger partial charge >= 0.3 is 6.03 Å². The zero-order valence-corrected chi connectivity index (χ0v) is 21.2. The molecule has 2 heterocycles. The van der Waals surface area contributed by atoms with Gasteiger partial charge < -0.3 is 19.9 Å². The molecule has 1 aliphatic rings. The van der Waals surface area contributed by atoms with Crippen LogP contribution in [0.25, 0.3) is 0 Å². The van der Waals surface area contributed by atoms with Crippen LogP contribution in [0.3, 0.4) is 0 Å².